The van der Waals surface area contributed by atoms with Gasteiger partial charge in [-0.05, 0) is 36.2 Å². The summed E-state index contributed by atoms with van der Waals surface area (Å²) in [4.78, 5) is 4.80. The Morgan fingerprint density at radius 1 is 1.00 bits per heavy atom. The van der Waals surface area contributed by atoms with E-state index in [0.717, 1.165) is 31.7 Å². The van der Waals surface area contributed by atoms with E-state index in [2.05, 4.69) is 53.2 Å². The lowest BCUT2D eigenvalue weighted by molar-refractivity contribution is 0.728. The molecule has 0 radical (unpaired) electrons. The lowest BCUT2D eigenvalue weighted by Gasteiger charge is -2.37. The van der Waals surface area contributed by atoms with Crippen LogP contribution in [0, 0.1) is 0 Å². The fourth-order valence-electron chi connectivity index (χ4n) is 2.81. The molecule has 0 saturated carbocycles. The first-order valence-corrected chi connectivity index (χ1v) is 7.13. The van der Waals surface area contributed by atoms with Crippen molar-refractivity contribution in [3.63, 3.8) is 0 Å². The van der Waals surface area contributed by atoms with Gasteiger partial charge in [-0.1, -0.05) is 24.3 Å². The summed E-state index contributed by atoms with van der Waals surface area (Å²) < 4.78 is 0. The van der Waals surface area contributed by atoms with Crippen LogP contribution < -0.4 is 15.5 Å². The molecule has 1 heterocycles. The van der Waals surface area contributed by atoms with Gasteiger partial charge in [0.25, 0.3) is 0 Å². The summed E-state index contributed by atoms with van der Waals surface area (Å²) in [5.41, 5.74) is 10.7. The van der Waals surface area contributed by atoms with Crippen LogP contribution in [-0.2, 0) is 6.42 Å². The van der Waals surface area contributed by atoms with Crippen LogP contribution in [0.2, 0.25) is 0 Å². The van der Waals surface area contributed by atoms with Gasteiger partial charge in [-0.15, -0.1) is 0 Å². The van der Waals surface area contributed by atoms with Gasteiger partial charge in [0, 0.05) is 32.4 Å². The van der Waals surface area contributed by atoms with E-state index < -0.39 is 0 Å². The molecule has 0 spiro atoms. The number of rotatable bonds is 3. The maximum atomic E-state index is 5.84. The van der Waals surface area contributed by atoms with Crippen LogP contribution >= 0.6 is 0 Å². The van der Waals surface area contributed by atoms with Gasteiger partial charge in [-0.2, -0.15) is 0 Å². The van der Waals surface area contributed by atoms with Crippen LogP contribution in [-0.4, -0.2) is 26.7 Å². The van der Waals surface area contributed by atoms with Crippen molar-refractivity contribution in [1.82, 2.24) is 0 Å². The van der Waals surface area contributed by atoms with E-state index in [1.807, 2.05) is 12.1 Å². The Morgan fingerprint density at radius 3 is 2.60 bits per heavy atom. The standard InChI is InChI=1S/C17H21N3/c1-19-11-12-20(17-8-3-2-7-16(17)19)10-9-14-5-4-6-15(18)13-14/h2-8,13H,9-12,18H2,1H3. The summed E-state index contributed by atoms with van der Waals surface area (Å²) in [6.07, 6.45) is 1.03. The first-order valence-electron chi connectivity index (χ1n) is 7.13. The molecule has 3 nitrogen and oxygen atoms in total. The van der Waals surface area contributed by atoms with Crippen molar-refractivity contribution in [3.8, 4) is 0 Å². The highest BCUT2D eigenvalue weighted by Gasteiger charge is 2.19. The zero-order valence-corrected chi connectivity index (χ0v) is 11.9. The second kappa shape index (κ2) is 5.45. The van der Waals surface area contributed by atoms with Crippen LogP contribution in [0.15, 0.2) is 48.5 Å². The number of para-hydroxylation sites is 2. The van der Waals surface area contributed by atoms with Crippen LogP contribution in [0.4, 0.5) is 17.1 Å². The summed E-state index contributed by atoms with van der Waals surface area (Å²) in [5.74, 6) is 0. The molecule has 0 fully saturated rings. The third-order valence-electron chi connectivity index (χ3n) is 3.96. The maximum Gasteiger partial charge on any atom is 0.0604 e. The van der Waals surface area contributed by atoms with Crippen molar-refractivity contribution in [2.75, 3.05) is 42.2 Å². The summed E-state index contributed by atoms with van der Waals surface area (Å²) in [6.45, 7) is 3.19. The molecule has 20 heavy (non-hydrogen) atoms. The second-order valence-corrected chi connectivity index (χ2v) is 5.39. The molecular weight excluding hydrogens is 246 g/mol. The highest BCUT2D eigenvalue weighted by Crippen LogP contribution is 2.31. The molecule has 3 rings (SSSR count). The Balaban J connectivity index is 1.74. The molecule has 0 bridgehead atoms. The van der Waals surface area contributed by atoms with Gasteiger partial charge in [0.2, 0.25) is 0 Å². The second-order valence-electron chi connectivity index (χ2n) is 5.39. The average molecular weight is 267 g/mol. The minimum absolute atomic E-state index is 0.848. The minimum Gasteiger partial charge on any atom is -0.399 e. The number of nitrogens with two attached hydrogens (primary N) is 1. The van der Waals surface area contributed by atoms with E-state index in [-0.39, 0.29) is 0 Å². The van der Waals surface area contributed by atoms with E-state index in [1.165, 1.54) is 16.9 Å². The molecule has 0 saturated heterocycles. The van der Waals surface area contributed by atoms with Crippen LogP contribution in [0.25, 0.3) is 0 Å². The number of anilines is 3. The SMILES string of the molecule is CN1CCN(CCc2cccc(N)c2)c2ccccc21. The number of fused-ring (bicyclic) bond motifs is 1. The molecule has 1 aliphatic rings. The summed E-state index contributed by atoms with van der Waals surface area (Å²) in [7, 11) is 2.16. The van der Waals surface area contributed by atoms with Gasteiger partial charge in [-0.25, -0.2) is 0 Å². The van der Waals surface area contributed by atoms with Crippen molar-refractivity contribution in [1.29, 1.82) is 0 Å². The third-order valence-corrected chi connectivity index (χ3v) is 3.96. The van der Waals surface area contributed by atoms with Crippen molar-refractivity contribution >= 4 is 17.1 Å². The van der Waals surface area contributed by atoms with E-state index in [9.17, 15) is 0 Å². The van der Waals surface area contributed by atoms with Gasteiger partial charge in [0.1, 0.15) is 0 Å². The molecule has 2 aromatic carbocycles. The van der Waals surface area contributed by atoms with Gasteiger partial charge in [0.15, 0.2) is 0 Å². The summed E-state index contributed by atoms with van der Waals surface area (Å²) in [5, 5.41) is 0. The van der Waals surface area contributed by atoms with Crippen molar-refractivity contribution in [3.05, 3.63) is 54.1 Å². The third kappa shape index (κ3) is 2.57. The molecule has 2 N–H and O–H groups in total. The lowest BCUT2D eigenvalue weighted by Crippen LogP contribution is -2.40. The number of likely N-dealkylation sites (N-methyl/N-ethyl adjacent to an activating group) is 1. The molecule has 1 aliphatic heterocycles. The van der Waals surface area contributed by atoms with E-state index >= 15 is 0 Å². The molecule has 2 aromatic rings. The van der Waals surface area contributed by atoms with E-state index in [4.69, 9.17) is 5.73 Å². The smallest absolute Gasteiger partial charge is 0.0604 e. The predicted molar refractivity (Wildman–Crippen MR) is 86.5 cm³/mol. The zero-order valence-electron chi connectivity index (χ0n) is 11.9. The van der Waals surface area contributed by atoms with Crippen molar-refractivity contribution in [2.24, 2.45) is 0 Å². The Morgan fingerprint density at radius 2 is 1.80 bits per heavy atom. The fraction of sp³-hybridized carbons (Fsp3) is 0.294. The molecular formula is C17H21N3. The Bertz CT molecular complexity index is 594. The Labute approximate surface area is 120 Å². The Kier molecular flexibility index (Phi) is 3.50. The molecule has 0 atom stereocenters. The molecule has 104 valence electrons. The van der Waals surface area contributed by atoms with Crippen LogP contribution in [0.1, 0.15) is 5.56 Å². The average Bonchev–Trinajstić information content (AvgIpc) is 2.47. The van der Waals surface area contributed by atoms with Crippen molar-refractivity contribution < 1.29 is 0 Å². The monoisotopic (exact) mass is 267 g/mol. The first-order chi connectivity index (χ1) is 9.74. The predicted octanol–water partition coefficient (Wildman–Crippen LogP) is 2.77. The van der Waals surface area contributed by atoms with E-state index in [0.29, 0.717) is 0 Å². The van der Waals surface area contributed by atoms with Gasteiger partial charge >= 0.3 is 0 Å². The Hall–Kier alpha value is -2.16. The molecule has 0 aromatic heterocycles. The first kappa shape index (κ1) is 12.9. The zero-order chi connectivity index (χ0) is 13.9. The number of benzene rings is 2. The molecule has 0 aliphatic carbocycles. The lowest BCUT2D eigenvalue weighted by atomic mass is 10.1. The summed E-state index contributed by atoms with van der Waals surface area (Å²) in [6, 6.07) is 16.8. The highest BCUT2D eigenvalue weighted by atomic mass is 15.2. The normalized spacial score (nSPS) is 14.2. The number of hydrogen-bond acceptors (Lipinski definition) is 3. The number of nitrogen functional groups attached to an aromatic ring is 1. The van der Waals surface area contributed by atoms with Gasteiger partial charge < -0.3 is 15.5 Å². The number of hydrogen-bond donors (Lipinski definition) is 1. The fourth-order valence-corrected chi connectivity index (χ4v) is 2.81. The molecule has 0 unspecified atom stereocenters. The molecule has 3 heteroatoms. The van der Waals surface area contributed by atoms with Gasteiger partial charge in [0.05, 0.1) is 11.4 Å². The minimum atomic E-state index is 0.848. The van der Waals surface area contributed by atoms with Gasteiger partial charge in [-0.3, -0.25) is 0 Å². The maximum absolute atomic E-state index is 5.84. The highest BCUT2D eigenvalue weighted by molar-refractivity contribution is 5.73. The topological polar surface area (TPSA) is 32.5 Å². The molecule has 0 amide bonds. The van der Waals surface area contributed by atoms with Crippen LogP contribution in [0.3, 0.4) is 0 Å². The number of nitrogens with zero attached hydrogens (tertiary/aromatic N) is 2. The summed E-state index contributed by atoms with van der Waals surface area (Å²) >= 11 is 0. The largest absolute Gasteiger partial charge is 0.399 e. The quantitative estimate of drug-likeness (QED) is 0.868. The van der Waals surface area contributed by atoms with E-state index in [1.54, 1.807) is 0 Å². The van der Waals surface area contributed by atoms with Crippen LogP contribution in [0.5, 0.6) is 0 Å². The van der Waals surface area contributed by atoms with Crippen molar-refractivity contribution in [2.45, 2.75) is 6.42 Å².